The Kier molecular flexibility index (Phi) is 3.78. The zero-order valence-electron chi connectivity index (χ0n) is 10.1. The lowest BCUT2D eigenvalue weighted by Gasteiger charge is -2.14. The molecule has 2 aromatic rings. The van der Waals surface area contributed by atoms with Gasteiger partial charge < -0.3 is 4.42 Å². The van der Waals surface area contributed by atoms with Crippen molar-refractivity contribution in [2.75, 3.05) is 4.90 Å². The molecule has 3 nitrogen and oxygen atoms in total. The fraction of sp³-hybridized carbons (Fsp3) is 0. The molecular formula is C14H8BrNO2S2. The molecular weight excluding hydrogens is 358 g/mol. The molecule has 20 heavy (non-hydrogen) atoms. The van der Waals surface area contributed by atoms with E-state index >= 15 is 0 Å². The SMILES string of the molecule is O=C1/C(=C\c2ccco2)SC(=S)N1c1cccc(Br)c1. The van der Waals surface area contributed by atoms with E-state index in [0.717, 1.165) is 10.2 Å². The van der Waals surface area contributed by atoms with E-state index in [-0.39, 0.29) is 5.91 Å². The predicted molar refractivity (Wildman–Crippen MR) is 88.5 cm³/mol. The Bertz CT molecular complexity index is 710. The number of amides is 1. The fourth-order valence-corrected chi connectivity index (χ4v) is 3.47. The minimum Gasteiger partial charge on any atom is -0.465 e. The maximum atomic E-state index is 12.4. The molecule has 1 saturated heterocycles. The zero-order chi connectivity index (χ0) is 14.1. The van der Waals surface area contributed by atoms with E-state index in [1.165, 1.54) is 16.7 Å². The van der Waals surface area contributed by atoms with Gasteiger partial charge in [0.15, 0.2) is 4.32 Å². The number of benzene rings is 1. The maximum absolute atomic E-state index is 12.4. The second-order valence-corrected chi connectivity index (χ2v) is 6.60. The van der Waals surface area contributed by atoms with Crippen LogP contribution in [0, 0.1) is 0 Å². The molecule has 0 N–H and O–H groups in total. The van der Waals surface area contributed by atoms with Crippen molar-refractivity contribution in [1.82, 2.24) is 0 Å². The average Bonchev–Trinajstić information content (AvgIpc) is 2.99. The van der Waals surface area contributed by atoms with E-state index in [1.807, 2.05) is 24.3 Å². The van der Waals surface area contributed by atoms with Gasteiger partial charge in [-0.2, -0.15) is 0 Å². The fourth-order valence-electron chi connectivity index (χ4n) is 1.81. The molecule has 0 atom stereocenters. The summed E-state index contributed by atoms with van der Waals surface area (Å²) in [6, 6.07) is 11.1. The average molecular weight is 366 g/mol. The third kappa shape index (κ3) is 2.59. The van der Waals surface area contributed by atoms with Gasteiger partial charge in [-0.3, -0.25) is 9.69 Å². The van der Waals surface area contributed by atoms with Crippen LogP contribution < -0.4 is 4.90 Å². The van der Waals surface area contributed by atoms with Crippen molar-refractivity contribution in [2.45, 2.75) is 0 Å². The van der Waals surface area contributed by atoms with Gasteiger partial charge in [-0.25, -0.2) is 0 Å². The minimum absolute atomic E-state index is 0.130. The van der Waals surface area contributed by atoms with Crippen molar-refractivity contribution in [1.29, 1.82) is 0 Å². The number of thioether (sulfide) groups is 1. The Morgan fingerprint density at radius 3 is 2.85 bits per heavy atom. The molecule has 1 aromatic heterocycles. The number of hydrogen-bond donors (Lipinski definition) is 0. The molecule has 0 spiro atoms. The van der Waals surface area contributed by atoms with Crippen LogP contribution in [0.5, 0.6) is 0 Å². The number of halogens is 1. The Hall–Kier alpha value is -1.37. The molecule has 1 aliphatic heterocycles. The summed E-state index contributed by atoms with van der Waals surface area (Å²) in [6.45, 7) is 0. The van der Waals surface area contributed by atoms with Crippen molar-refractivity contribution in [3.63, 3.8) is 0 Å². The van der Waals surface area contributed by atoms with Crippen LogP contribution in [0.4, 0.5) is 5.69 Å². The van der Waals surface area contributed by atoms with Crippen molar-refractivity contribution < 1.29 is 9.21 Å². The largest absolute Gasteiger partial charge is 0.465 e. The Labute approximate surface area is 133 Å². The number of carbonyl (C=O) groups is 1. The first-order valence-electron chi connectivity index (χ1n) is 5.72. The normalized spacial score (nSPS) is 17.2. The zero-order valence-corrected chi connectivity index (χ0v) is 13.3. The topological polar surface area (TPSA) is 33.5 Å². The van der Waals surface area contributed by atoms with E-state index in [9.17, 15) is 4.79 Å². The van der Waals surface area contributed by atoms with Gasteiger partial charge in [0.1, 0.15) is 5.76 Å². The van der Waals surface area contributed by atoms with Crippen molar-refractivity contribution in [3.8, 4) is 0 Å². The van der Waals surface area contributed by atoms with Crippen LogP contribution in [0.1, 0.15) is 5.76 Å². The van der Waals surface area contributed by atoms with Gasteiger partial charge in [0.25, 0.3) is 5.91 Å². The number of anilines is 1. The summed E-state index contributed by atoms with van der Waals surface area (Å²) >= 11 is 9.97. The van der Waals surface area contributed by atoms with E-state index in [0.29, 0.717) is 15.0 Å². The highest BCUT2D eigenvalue weighted by atomic mass is 79.9. The van der Waals surface area contributed by atoms with Gasteiger partial charge in [-0.1, -0.05) is 46.0 Å². The summed E-state index contributed by atoms with van der Waals surface area (Å²) in [7, 11) is 0. The second-order valence-electron chi connectivity index (χ2n) is 4.01. The smallest absolute Gasteiger partial charge is 0.270 e. The van der Waals surface area contributed by atoms with Gasteiger partial charge in [0.05, 0.1) is 16.9 Å². The first kappa shape index (κ1) is 13.6. The third-order valence-electron chi connectivity index (χ3n) is 2.68. The number of furan rings is 1. The molecule has 1 fully saturated rings. The molecule has 1 aliphatic rings. The summed E-state index contributed by atoms with van der Waals surface area (Å²) in [5, 5.41) is 0. The monoisotopic (exact) mass is 365 g/mol. The predicted octanol–water partition coefficient (Wildman–Crippen LogP) is 4.45. The molecule has 0 radical (unpaired) electrons. The Morgan fingerprint density at radius 1 is 1.30 bits per heavy atom. The summed E-state index contributed by atoms with van der Waals surface area (Å²) in [4.78, 5) is 14.5. The molecule has 0 bridgehead atoms. The van der Waals surface area contributed by atoms with Gasteiger partial charge in [-0.05, 0) is 30.3 Å². The van der Waals surface area contributed by atoms with Crippen LogP contribution in [-0.4, -0.2) is 10.2 Å². The number of carbonyl (C=O) groups excluding carboxylic acids is 1. The van der Waals surface area contributed by atoms with Gasteiger partial charge in [-0.15, -0.1) is 0 Å². The molecule has 6 heteroatoms. The first-order valence-corrected chi connectivity index (χ1v) is 7.74. The Balaban J connectivity index is 1.95. The first-order chi connectivity index (χ1) is 9.65. The molecule has 0 aliphatic carbocycles. The van der Waals surface area contributed by atoms with Crippen molar-refractivity contribution in [3.05, 3.63) is 57.8 Å². The maximum Gasteiger partial charge on any atom is 0.270 e. The molecule has 3 rings (SSSR count). The van der Waals surface area contributed by atoms with E-state index in [4.69, 9.17) is 16.6 Å². The highest BCUT2D eigenvalue weighted by Crippen LogP contribution is 2.36. The second kappa shape index (κ2) is 5.55. The van der Waals surface area contributed by atoms with Gasteiger partial charge >= 0.3 is 0 Å². The number of thiocarbonyl (C=S) groups is 1. The van der Waals surface area contributed by atoms with Crippen LogP contribution in [-0.2, 0) is 4.79 Å². The van der Waals surface area contributed by atoms with E-state index in [1.54, 1.807) is 24.5 Å². The standard InChI is InChI=1S/C14H8BrNO2S2/c15-9-3-1-4-10(7-9)16-13(17)12(20-14(16)19)8-11-5-2-6-18-11/h1-8H/b12-8+. The van der Waals surface area contributed by atoms with Crippen LogP contribution >= 0.6 is 39.9 Å². The summed E-state index contributed by atoms with van der Waals surface area (Å²) < 4.78 is 6.65. The summed E-state index contributed by atoms with van der Waals surface area (Å²) in [5.74, 6) is 0.509. The van der Waals surface area contributed by atoms with E-state index < -0.39 is 0 Å². The number of nitrogens with zero attached hydrogens (tertiary/aromatic N) is 1. The number of rotatable bonds is 2. The third-order valence-corrected chi connectivity index (χ3v) is 4.47. The lowest BCUT2D eigenvalue weighted by Crippen LogP contribution is -2.27. The van der Waals surface area contributed by atoms with Crippen LogP contribution in [0.3, 0.4) is 0 Å². The molecule has 0 unspecified atom stereocenters. The highest BCUT2D eigenvalue weighted by Gasteiger charge is 2.33. The van der Waals surface area contributed by atoms with E-state index in [2.05, 4.69) is 15.9 Å². The lowest BCUT2D eigenvalue weighted by molar-refractivity contribution is -0.113. The van der Waals surface area contributed by atoms with Gasteiger partial charge in [0.2, 0.25) is 0 Å². The molecule has 1 aromatic carbocycles. The number of hydrogen-bond acceptors (Lipinski definition) is 4. The van der Waals surface area contributed by atoms with Crippen LogP contribution in [0.25, 0.3) is 6.08 Å². The summed E-state index contributed by atoms with van der Waals surface area (Å²) in [6.07, 6.45) is 3.28. The molecule has 100 valence electrons. The lowest BCUT2D eigenvalue weighted by atomic mass is 10.3. The van der Waals surface area contributed by atoms with Crippen molar-refractivity contribution in [2.24, 2.45) is 0 Å². The van der Waals surface area contributed by atoms with Crippen LogP contribution in [0.2, 0.25) is 0 Å². The summed E-state index contributed by atoms with van der Waals surface area (Å²) in [5.41, 5.74) is 0.754. The highest BCUT2D eigenvalue weighted by molar-refractivity contribution is 9.10. The van der Waals surface area contributed by atoms with Crippen molar-refractivity contribution >= 4 is 61.9 Å². The Morgan fingerprint density at radius 2 is 2.15 bits per heavy atom. The molecule has 2 heterocycles. The molecule has 0 saturated carbocycles. The van der Waals surface area contributed by atoms with Crippen LogP contribution in [0.15, 0.2) is 56.5 Å². The quantitative estimate of drug-likeness (QED) is 0.581. The van der Waals surface area contributed by atoms with Gasteiger partial charge in [0, 0.05) is 10.5 Å². The molecule has 1 amide bonds. The minimum atomic E-state index is -0.130.